The molecule has 10 nitrogen and oxygen atoms in total. The third-order valence-corrected chi connectivity index (χ3v) is 6.78. The van der Waals surface area contributed by atoms with Crippen molar-refractivity contribution in [2.24, 2.45) is 5.73 Å². The molecule has 2 atom stereocenters. The van der Waals surface area contributed by atoms with Crippen LogP contribution in [0.1, 0.15) is 44.8 Å². The van der Waals surface area contributed by atoms with Crippen molar-refractivity contribution >= 4 is 39.7 Å². The molecule has 4 aromatic rings. The maximum Gasteiger partial charge on any atom is 0.314 e. The van der Waals surface area contributed by atoms with Crippen molar-refractivity contribution in [3.05, 3.63) is 48.3 Å². The maximum absolute atomic E-state index is 11.5. The van der Waals surface area contributed by atoms with Crippen molar-refractivity contribution in [3.63, 3.8) is 0 Å². The zero-order valence-corrected chi connectivity index (χ0v) is 20.3. The summed E-state index contributed by atoms with van der Waals surface area (Å²) in [7, 11) is 0. The number of carbonyl (C=O) groups excluding carboxylic acids is 1. The molecular formula is C25H31N9O. The van der Waals surface area contributed by atoms with Crippen molar-refractivity contribution in [2.45, 2.75) is 39.3 Å². The highest BCUT2D eigenvalue weighted by Crippen LogP contribution is 2.30. The molecule has 0 bridgehead atoms. The van der Waals surface area contributed by atoms with Crippen LogP contribution in [0.3, 0.4) is 0 Å². The standard InChI is InChI=1S/C25H31N9O/c1-4-16(2)34-22-21(15-28-34)30-25(33-11-9-32(10-12-33)24(26)35)31-23(22)29-17(3)19-13-18-7-5-6-8-20(18)27-14-19/h5-8,13-17H,4,9-12H2,1-3H3,(H2,26,35)(H,29,30,31)/t16?,17-/m1/s1. The summed E-state index contributed by atoms with van der Waals surface area (Å²) in [5, 5.41) is 9.36. The second-order valence-corrected chi connectivity index (χ2v) is 9.09. The third-order valence-electron chi connectivity index (χ3n) is 6.78. The Hall–Kier alpha value is -3.95. The van der Waals surface area contributed by atoms with Crippen LogP contribution in [0.15, 0.2) is 42.7 Å². The fraction of sp³-hybridized carbons (Fsp3) is 0.400. The van der Waals surface area contributed by atoms with Gasteiger partial charge in [0.2, 0.25) is 5.95 Å². The molecule has 1 saturated heterocycles. The first-order valence-corrected chi connectivity index (χ1v) is 12.1. The minimum atomic E-state index is -0.393. The van der Waals surface area contributed by atoms with E-state index in [9.17, 15) is 4.79 Å². The Morgan fingerprint density at radius 2 is 1.86 bits per heavy atom. The van der Waals surface area contributed by atoms with Gasteiger partial charge in [-0.2, -0.15) is 10.1 Å². The summed E-state index contributed by atoms with van der Waals surface area (Å²) in [6.45, 7) is 8.73. The summed E-state index contributed by atoms with van der Waals surface area (Å²) >= 11 is 0. The van der Waals surface area contributed by atoms with Crippen LogP contribution in [0.25, 0.3) is 21.9 Å². The summed E-state index contributed by atoms with van der Waals surface area (Å²) in [4.78, 5) is 29.7. The van der Waals surface area contributed by atoms with Gasteiger partial charge in [-0.3, -0.25) is 9.67 Å². The number of aromatic nitrogens is 5. The fourth-order valence-electron chi connectivity index (χ4n) is 4.44. The Morgan fingerprint density at radius 1 is 1.09 bits per heavy atom. The van der Waals surface area contributed by atoms with Gasteiger partial charge in [-0.05, 0) is 38.0 Å². The van der Waals surface area contributed by atoms with Crippen LogP contribution >= 0.6 is 0 Å². The number of fused-ring (bicyclic) bond motifs is 2. The van der Waals surface area contributed by atoms with E-state index in [1.54, 1.807) is 11.1 Å². The summed E-state index contributed by atoms with van der Waals surface area (Å²) < 4.78 is 2.00. The number of nitrogens with zero attached hydrogens (tertiary/aromatic N) is 7. The number of hydrogen-bond acceptors (Lipinski definition) is 7. The van der Waals surface area contributed by atoms with Crippen molar-refractivity contribution in [2.75, 3.05) is 36.4 Å². The van der Waals surface area contributed by atoms with Gasteiger partial charge < -0.3 is 20.9 Å². The molecule has 0 spiro atoms. The first-order valence-electron chi connectivity index (χ1n) is 12.1. The number of nitrogens with one attached hydrogen (secondary N) is 1. The monoisotopic (exact) mass is 473 g/mol. The first-order chi connectivity index (χ1) is 16.9. The van der Waals surface area contributed by atoms with Crippen LogP contribution in [-0.2, 0) is 0 Å². The normalized spacial score (nSPS) is 16.0. The molecule has 1 unspecified atom stereocenters. The number of para-hydroxylation sites is 1. The largest absolute Gasteiger partial charge is 0.362 e. The lowest BCUT2D eigenvalue weighted by molar-refractivity contribution is 0.204. The minimum absolute atomic E-state index is 0.0370. The van der Waals surface area contributed by atoms with Crippen LogP contribution in [-0.4, -0.2) is 61.8 Å². The predicted molar refractivity (Wildman–Crippen MR) is 137 cm³/mol. The number of hydrogen-bond donors (Lipinski definition) is 2. The number of amides is 2. The van der Waals surface area contributed by atoms with Crippen molar-refractivity contribution < 1.29 is 4.79 Å². The topological polar surface area (TPSA) is 118 Å². The number of carbonyl (C=O) groups is 1. The molecule has 35 heavy (non-hydrogen) atoms. The van der Waals surface area contributed by atoms with Crippen molar-refractivity contribution in [1.29, 1.82) is 0 Å². The quantitative estimate of drug-likeness (QED) is 0.438. The lowest BCUT2D eigenvalue weighted by Crippen LogP contribution is -2.51. The van der Waals surface area contributed by atoms with E-state index < -0.39 is 6.03 Å². The molecule has 0 radical (unpaired) electrons. The summed E-state index contributed by atoms with van der Waals surface area (Å²) in [5.74, 6) is 1.36. The van der Waals surface area contributed by atoms with Gasteiger partial charge in [0, 0.05) is 43.8 Å². The highest BCUT2D eigenvalue weighted by atomic mass is 16.2. The zero-order valence-electron chi connectivity index (χ0n) is 20.3. The van der Waals surface area contributed by atoms with Crippen LogP contribution in [0.2, 0.25) is 0 Å². The Balaban J connectivity index is 1.51. The average Bonchev–Trinajstić information content (AvgIpc) is 3.32. The number of anilines is 2. The Bertz CT molecular complexity index is 1360. The molecule has 3 N–H and O–H groups in total. The number of urea groups is 1. The second-order valence-electron chi connectivity index (χ2n) is 9.09. The van der Waals surface area contributed by atoms with Crippen LogP contribution in [0.5, 0.6) is 0 Å². The minimum Gasteiger partial charge on any atom is -0.362 e. The zero-order chi connectivity index (χ0) is 24.5. The first kappa shape index (κ1) is 22.8. The Morgan fingerprint density at radius 3 is 2.60 bits per heavy atom. The highest BCUT2D eigenvalue weighted by Gasteiger charge is 2.24. The molecule has 2 amide bonds. The van der Waals surface area contributed by atoms with E-state index in [-0.39, 0.29) is 12.1 Å². The number of piperazine rings is 1. The fourth-order valence-corrected chi connectivity index (χ4v) is 4.44. The van der Waals surface area contributed by atoms with E-state index >= 15 is 0 Å². The number of nitrogens with two attached hydrogens (primary N) is 1. The molecule has 5 rings (SSSR count). The molecule has 0 aliphatic carbocycles. The number of benzene rings is 1. The maximum atomic E-state index is 11.5. The molecule has 1 fully saturated rings. The van der Waals surface area contributed by atoms with Gasteiger partial charge in [-0.15, -0.1) is 0 Å². The molecule has 10 heteroatoms. The second kappa shape index (κ2) is 9.36. The van der Waals surface area contributed by atoms with Crippen LogP contribution in [0.4, 0.5) is 16.6 Å². The number of primary amides is 1. The molecule has 3 aromatic heterocycles. The van der Waals surface area contributed by atoms with E-state index in [1.807, 2.05) is 29.1 Å². The Labute approximate surface area is 204 Å². The molecule has 4 heterocycles. The summed E-state index contributed by atoms with van der Waals surface area (Å²) in [6.07, 6.45) is 4.66. The van der Waals surface area contributed by atoms with Gasteiger partial charge in [-0.25, -0.2) is 9.78 Å². The van der Waals surface area contributed by atoms with Crippen molar-refractivity contribution in [3.8, 4) is 0 Å². The molecule has 0 saturated carbocycles. The summed E-state index contributed by atoms with van der Waals surface area (Å²) in [5.41, 5.74) is 9.17. The molecule has 1 aliphatic heterocycles. The van der Waals surface area contributed by atoms with E-state index in [1.165, 1.54) is 0 Å². The lowest BCUT2D eigenvalue weighted by Gasteiger charge is -2.34. The van der Waals surface area contributed by atoms with Gasteiger partial charge in [0.25, 0.3) is 0 Å². The molecule has 1 aromatic carbocycles. The average molecular weight is 474 g/mol. The smallest absolute Gasteiger partial charge is 0.314 e. The number of rotatable bonds is 6. The van der Waals surface area contributed by atoms with E-state index in [2.05, 4.69) is 53.2 Å². The van der Waals surface area contributed by atoms with Gasteiger partial charge in [0.1, 0.15) is 11.0 Å². The molecule has 182 valence electrons. The van der Waals surface area contributed by atoms with Gasteiger partial charge >= 0.3 is 6.03 Å². The lowest BCUT2D eigenvalue weighted by atomic mass is 10.1. The van der Waals surface area contributed by atoms with E-state index in [0.29, 0.717) is 32.1 Å². The predicted octanol–water partition coefficient (Wildman–Crippen LogP) is 3.72. The highest BCUT2D eigenvalue weighted by molar-refractivity contribution is 5.87. The third kappa shape index (κ3) is 4.43. The van der Waals surface area contributed by atoms with Gasteiger partial charge in [-0.1, -0.05) is 25.1 Å². The van der Waals surface area contributed by atoms with Gasteiger partial charge in [0.05, 0.1) is 17.8 Å². The Kier molecular flexibility index (Phi) is 6.10. The van der Waals surface area contributed by atoms with E-state index in [0.717, 1.165) is 39.7 Å². The van der Waals surface area contributed by atoms with Crippen LogP contribution in [0, 0.1) is 0 Å². The summed E-state index contributed by atoms with van der Waals surface area (Å²) in [6, 6.07) is 10.0. The molecule has 1 aliphatic rings. The number of pyridine rings is 1. The van der Waals surface area contributed by atoms with Crippen molar-refractivity contribution in [1.82, 2.24) is 29.6 Å². The van der Waals surface area contributed by atoms with Crippen LogP contribution < -0.4 is 16.0 Å². The molecular weight excluding hydrogens is 442 g/mol. The van der Waals surface area contributed by atoms with Gasteiger partial charge in [0.15, 0.2) is 5.82 Å². The van der Waals surface area contributed by atoms with E-state index in [4.69, 9.17) is 15.7 Å². The SMILES string of the molecule is CCC(C)n1ncc2nc(N3CCN(C(N)=O)CC3)nc(N[C@H](C)c3cnc4ccccc4c3)c21.